The molecule has 18 heavy (non-hydrogen) atoms. The van der Waals surface area contributed by atoms with Crippen LogP contribution in [0.1, 0.15) is 72.1 Å². The molecule has 2 atom stereocenters. The Kier molecular flexibility index (Phi) is 6.71. The lowest BCUT2D eigenvalue weighted by atomic mass is 9.87. The van der Waals surface area contributed by atoms with Gasteiger partial charge in [-0.15, -0.1) is 0 Å². The monoisotopic (exact) mass is 250 g/mol. The van der Waals surface area contributed by atoms with Crippen LogP contribution >= 0.6 is 0 Å². The van der Waals surface area contributed by atoms with Gasteiger partial charge < -0.3 is 0 Å². The van der Waals surface area contributed by atoms with Crippen LogP contribution in [0.15, 0.2) is 0 Å². The predicted molar refractivity (Wildman–Crippen MR) is 77.4 cm³/mol. The van der Waals surface area contributed by atoms with Crippen LogP contribution < -0.4 is 0 Å². The predicted octanol–water partition coefficient (Wildman–Crippen LogP) is 4.36. The van der Waals surface area contributed by atoms with Crippen molar-refractivity contribution in [1.82, 2.24) is 4.90 Å². The molecule has 0 N–H and O–H groups in total. The summed E-state index contributed by atoms with van der Waals surface area (Å²) in [5.41, 5.74) is 0.341. The molecule has 0 aromatic heterocycles. The first-order chi connectivity index (χ1) is 8.66. The second kappa shape index (κ2) is 7.79. The number of hydrogen-bond donors (Lipinski definition) is 0. The van der Waals surface area contributed by atoms with Gasteiger partial charge in [-0.25, -0.2) is 0 Å². The van der Waals surface area contributed by atoms with E-state index >= 15 is 0 Å². The summed E-state index contributed by atoms with van der Waals surface area (Å²) >= 11 is 0. The maximum atomic E-state index is 9.05. The summed E-state index contributed by atoms with van der Waals surface area (Å²) < 4.78 is 0. The van der Waals surface area contributed by atoms with Crippen molar-refractivity contribution in [3.05, 3.63) is 0 Å². The van der Waals surface area contributed by atoms with Gasteiger partial charge in [0.2, 0.25) is 0 Å². The Morgan fingerprint density at radius 2 is 1.94 bits per heavy atom. The molecule has 0 amide bonds. The smallest absolute Gasteiger partial charge is 0.0669 e. The van der Waals surface area contributed by atoms with E-state index in [2.05, 4.69) is 31.7 Å². The Labute approximate surface area is 113 Å². The minimum Gasteiger partial charge on any atom is -0.297 e. The molecule has 1 heterocycles. The highest BCUT2D eigenvalue weighted by atomic mass is 15.2. The summed E-state index contributed by atoms with van der Waals surface area (Å²) in [6.07, 6.45) is 10.3. The first-order valence-corrected chi connectivity index (χ1v) is 7.81. The molecule has 1 saturated heterocycles. The third-order valence-corrected chi connectivity index (χ3v) is 4.49. The molecule has 0 aromatic carbocycles. The lowest BCUT2D eigenvalue weighted by Crippen LogP contribution is -2.45. The first kappa shape index (κ1) is 15.5. The van der Waals surface area contributed by atoms with Gasteiger partial charge in [-0.2, -0.15) is 5.26 Å². The van der Waals surface area contributed by atoms with E-state index in [1.165, 1.54) is 44.9 Å². The van der Waals surface area contributed by atoms with Gasteiger partial charge in [0.1, 0.15) is 0 Å². The number of rotatable bonds is 8. The van der Waals surface area contributed by atoms with E-state index in [4.69, 9.17) is 5.26 Å². The van der Waals surface area contributed by atoms with Crippen LogP contribution in [0, 0.1) is 17.2 Å². The molecule has 104 valence electrons. The minimum absolute atomic E-state index is 0.275. The standard InChI is InChI=1S/C16H30N2/c1-4-6-7-8-11-16(3,10-5-2)18-12-9-15(13-17)14-18/h15H,4-12,14H2,1-3H3. The van der Waals surface area contributed by atoms with Gasteiger partial charge in [-0.1, -0.05) is 46.0 Å². The van der Waals surface area contributed by atoms with Crippen LogP contribution in [-0.2, 0) is 0 Å². The van der Waals surface area contributed by atoms with Crippen molar-refractivity contribution in [3.63, 3.8) is 0 Å². The third kappa shape index (κ3) is 4.28. The van der Waals surface area contributed by atoms with Crippen molar-refractivity contribution in [1.29, 1.82) is 5.26 Å². The molecule has 2 nitrogen and oxygen atoms in total. The highest BCUT2D eigenvalue weighted by Gasteiger charge is 2.35. The topological polar surface area (TPSA) is 27.0 Å². The van der Waals surface area contributed by atoms with Gasteiger partial charge in [0, 0.05) is 18.6 Å². The molecule has 0 saturated carbocycles. The minimum atomic E-state index is 0.275. The highest BCUT2D eigenvalue weighted by Crippen LogP contribution is 2.32. The molecular weight excluding hydrogens is 220 g/mol. The average molecular weight is 250 g/mol. The van der Waals surface area contributed by atoms with Crippen molar-refractivity contribution in [2.24, 2.45) is 5.92 Å². The van der Waals surface area contributed by atoms with Gasteiger partial charge in [-0.3, -0.25) is 4.90 Å². The van der Waals surface area contributed by atoms with Crippen LogP contribution in [0.4, 0.5) is 0 Å². The SMILES string of the molecule is CCCCCCC(C)(CCC)N1CCC(C#N)C1. The van der Waals surface area contributed by atoms with Crippen molar-refractivity contribution in [3.8, 4) is 6.07 Å². The summed E-state index contributed by atoms with van der Waals surface area (Å²) in [5.74, 6) is 0.275. The molecule has 1 fully saturated rings. The average Bonchev–Trinajstić information content (AvgIpc) is 2.84. The fourth-order valence-corrected chi connectivity index (χ4v) is 3.27. The van der Waals surface area contributed by atoms with Crippen molar-refractivity contribution in [2.75, 3.05) is 13.1 Å². The van der Waals surface area contributed by atoms with E-state index in [1.807, 2.05) is 0 Å². The molecule has 0 aromatic rings. The Balaban J connectivity index is 2.49. The van der Waals surface area contributed by atoms with Gasteiger partial charge >= 0.3 is 0 Å². The molecule has 1 aliphatic heterocycles. The number of nitriles is 1. The van der Waals surface area contributed by atoms with Gasteiger partial charge in [0.05, 0.1) is 12.0 Å². The Morgan fingerprint density at radius 3 is 2.50 bits per heavy atom. The van der Waals surface area contributed by atoms with Gasteiger partial charge in [-0.05, 0) is 26.2 Å². The second-order valence-electron chi connectivity index (χ2n) is 6.12. The van der Waals surface area contributed by atoms with E-state index in [9.17, 15) is 0 Å². The number of unbranched alkanes of at least 4 members (excludes halogenated alkanes) is 3. The lowest BCUT2D eigenvalue weighted by molar-refractivity contribution is 0.107. The van der Waals surface area contributed by atoms with Crippen LogP contribution in [-0.4, -0.2) is 23.5 Å². The zero-order valence-electron chi connectivity index (χ0n) is 12.5. The van der Waals surface area contributed by atoms with Crippen molar-refractivity contribution in [2.45, 2.75) is 77.7 Å². The molecule has 2 unspecified atom stereocenters. The highest BCUT2D eigenvalue weighted by molar-refractivity contribution is 4.97. The zero-order valence-corrected chi connectivity index (χ0v) is 12.5. The van der Waals surface area contributed by atoms with Crippen LogP contribution in [0.25, 0.3) is 0 Å². The fourth-order valence-electron chi connectivity index (χ4n) is 3.27. The molecule has 0 spiro atoms. The molecule has 0 bridgehead atoms. The van der Waals surface area contributed by atoms with Gasteiger partial charge in [0.25, 0.3) is 0 Å². The van der Waals surface area contributed by atoms with Gasteiger partial charge in [0.15, 0.2) is 0 Å². The van der Waals surface area contributed by atoms with Crippen LogP contribution in [0.3, 0.4) is 0 Å². The van der Waals surface area contributed by atoms with E-state index in [1.54, 1.807) is 0 Å². The number of hydrogen-bond acceptors (Lipinski definition) is 2. The Hall–Kier alpha value is -0.550. The Bertz CT molecular complexity index is 269. The van der Waals surface area contributed by atoms with E-state index in [-0.39, 0.29) is 5.92 Å². The third-order valence-electron chi connectivity index (χ3n) is 4.49. The summed E-state index contributed by atoms with van der Waals surface area (Å²) in [6, 6.07) is 2.44. The quantitative estimate of drug-likeness (QED) is 0.598. The van der Waals surface area contributed by atoms with Crippen LogP contribution in [0.5, 0.6) is 0 Å². The maximum absolute atomic E-state index is 9.05. The Morgan fingerprint density at radius 1 is 1.17 bits per heavy atom. The largest absolute Gasteiger partial charge is 0.297 e. The van der Waals surface area contributed by atoms with Crippen LogP contribution in [0.2, 0.25) is 0 Å². The molecule has 0 radical (unpaired) electrons. The summed E-state index contributed by atoms with van der Waals surface area (Å²) in [6.45, 7) is 9.09. The second-order valence-corrected chi connectivity index (χ2v) is 6.12. The maximum Gasteiger partial charge on any atom is 0.0669 e. The number of likely N-dealkylation sites (tertiary alicyclic amines) is 1. The van der Waals surface area contributed by atoms with Crippen molar-refractivity contribution >= 4 is 0 Å². The number of nitrogens with zero attached hydrogens (tertiary/aromatic N) is 2. The lowest BCUT2D eigenvalue weighted by Gasteiger charge is -2.39. The van der Waals surface area contributed by atoms with E-state index in [0.29, 0.717) is 5.54 Å². The summed E-state index contributed by atoms with van der Waals surface area (Å²) in [7, 11) is 0. The molecule has 2 heteroatoms. The molecule has 1 aliphatic rings. The normalized spacial score (nSPS) is 23.8. The van der Waals surface area contributed by atoms with E-state index in [0.717, 1.165) is 19.5 Å². The molecular formula is C16H30N2. The zero-order chi connectivity index (χ0) is 13.4. The van der Waals surface area contributed by atoms with Crippen molar-refractivity contribution < 1.29 is 0 Å². The van der Waals surface area contributed by atoms with E-state index < -0.39 is 0 Å². The molecule has 0 aliphatic carbocycles. The molecule has 1 rings (SSSR count). The summed E-state index contributed by atoms with van der Waals surface area (Å²) in [5, 5.41) is 9.05. The fraction of sp³-hybridized carbons (Fsp3) is 0.938. The summed E-state index contributed by atoms with van der Waals surface area (Å²) in [4.78, 5) is 2.59. The first-order valence-electron chi connectivity index (χ1n) is 7.81.